The maximum atomic E-state index is 11.1. The third kappa shape index (κ3) is 2.14. The number of fused-ring (bicyclic) bond motifs is 1. The lowest BCUT2D eigenvalue weighted by atomic mass is 9.90. The summed E-state index contributed by atoms with van der Waals surface area (Å²) >= 11 is 0. The summed E-state index contributed by atoms with van der Waals surface area (Å²) in [4.78, 5) is 19.0. The van der Waals surface area contributed by atoms with E-state index in [0.717, 1.165) is 29.2 Å². The molecule has 4 nitrogen and oxygen atoms in total. The van der Waals surface area contributed by atoms with Crippen LogP contribution in [0, 0.1) is 12.8 Å². The number of imidazole rings is 1. The Bertz CT molecular complexity index is 631. The van der Waals surface area contributed by atoms with Crippen molar-refractivity contribution in [3.8, 4) is 11.4 Å². The number of hydrogen-bond acceptors (Lipinski definition) is 2. The Kier molecular flexibility index (Phi) is 2.85. The molecule has 4 heteroatoms. The molecule has 1 heterocycles. The van der Waals surface area contributed by atoms with Gasteiger partial charge in [-0.15, -0.1) is 0 Å². The molecule has 0 spiro atoms. The lowest BCUT2D eigenvalue weighted by Gasteiger charge is -2.16. The van der Waals surface area contributed by atoms with Crippen LogP contribution in [0.5, 0.6) is 0 Å². The second kappa shape index (κ2) is 4.53. The van der Waals surface area contributed by atoms with E-state index >= 15 is 0 Å². The van der Waals surface area contributed by atoms with Crippen LogP contribution >= 0.6 is 0 Å². The Labute approximate surface area is 111 Å². The molecule has 0 amide bonds. The number of carbonyl (C=O) groups is 1. The van der Waals surface area contributed by atoms with Gasteiger partial charge in [0.15, 0.2) is 0 Å². The van der Waals surface area contributed by atoms with Crippen molar-refractivity contribution in [3.05, 3.63) is 41.2 Å². The van der Waals surface area contributed by atoms with Crippen LogP contribution in [-0.2, 0) is 17.6 Å². The molecule has 2 N–H and O–H groups in total. The third-order valence-corrected chi connectivity index (χ3v) is 3.79. The molecular weight excluding hydrogens is 240 g/mol. The van der Waals surface area contributed by atoms with Crippen LogP contribution in [0.15, 0.2) is 24.3 Å². The van der Waals surface area contributed by atoms with Crippen molar-refractivity contribution in [2.24, 2.45) is 5.92 Å². The van der Waals surface area contributed by atoms with Gasteiger partial charge in [0.05, 0.1) is 11.6 Å². The Morgan fingerprint density at radius 2 is 2.21 bits per heavy atom. The molecule has 0 radical (unpaired) electrons. The van der Waals surface area contributed by atoms with Crippen molar-refractivity contribution in [2.75, 3.05) is 0 Å². The first-order valence-corrected chi connectivity index (χ1v) is 6.51. The number of aromatic amines is 1. The van der Waals surface area contributed by atoms with E-state index in [-0.39, 0.29) is 5.92 Å². The number of hydrogen-bond donors (Lipinski definition) is 2. The van der Waals surface area contributed by atoms with E-state index in [2.05, 4.69) is 23.0 Å². The lowest BCUT2D eigenvalue weighted by Crippen LogP contribution is -2.22. The standard InChI is InChI=1S/C15H16N2O2/c1-9-4-2-3-5-11(9)14-16-12-7-6-10(15(18)19)8-13(12)17-14/h2-5,10H,6-8H2,1H3,(H,16,17)(H,18,19). The van der Waals surface area contributed by atoms with E-state index in [1.54, 1.807) is 0 Å². The van der Waals surface area contributed by atoms with E-state index < -0.39 is 5.97 Å². The second-order valence-corrected chi connectivity index (χ2v) is 5.10. The molecule has 1 aromatic carbocycles. The number of aromatic nitrogens is 2. The summed E-state index contributed by atoms with van der Waals surface area (Å²) in [5.41, 5.74) is 4.26. The number of aryl methyl sites for hydroxylation is 2. The van der Waals surface area contributed by atoms with Crippen LogP contribution in [0.2, 0.25) is 0 Å². The van der Waals surface area contributed by atoms with Crippen molar-refractivity contribution in [2.45, 2.75) is 26.2 Å². The smallest absolute Gasteiger partial charge is 0.306 e. The van der Waals surface area contributed by atoms with E-state index in [1.807, 2.05) is 18.2 Å². The fourth-order valence-corrected chi connectivity index (χ4v) is 2.66. The van der Waals surface area contributed by atoms with Crippen molar-refractivity contribution in [1.82, 2.24) is 9.97 Å². The first-order valence-electron chi connectivity index (χ1n) is 6.51. The average Bonchev–Trinajstić information content (AvgIpc) is 2.81. The normalized spacial score (nSPS) is 18.1. The molecular formula is C15H16N2O2. The minimum Gasteiger partial charge on any atom is -0.481 e. The van der Waals surface area contributed by atoms with Crippen molar-refractivity contribution < 1.29 is 9.90 Å². The van der Waals surface area contributed by atoms with Crippen molar-refractivity contribution in [1.29, 1.82) is 0 Å². The van der Waals surface area contributed by atoms with Crippen LogP contribution in [-0.4, -0.2) is 21.0 Å². The van der Waals surface area contributed by atoms with E-state index in [4.69, 9.17) is 5.11 Å². The molecule has 0 fully saturated rings. The van der Waals surface area contributed by atoms with Gasteiger partial charge in [0.2, 0.25) is 0 Å². The molecule has 2 aromatic rings. The molecule has 0 saturated carbocycles. The maximum Gasteiger partial charge on any atom is 0.306 e. The monoisotopic (exact) mass is 256 g/mol. The van der Waals surface area contributed by atoms with Gasteiger partial charge in [-0.25, -0.2) is 4.98 Å². The molecule has 1 atom stereocenters. The van der Waals surface area contributed by atoms with E-state index in [1.165, 1.54) is 5.56 Å². The summed E-state index contributed by atoms with van der Waals surface area (Å²) in [5, 5.41) is 9.10. The number of rotatable bonds is 2. The summed E-state index contributed by atoms with van der Waals surface area (Å²) in [6, 6.07) is 8.08. The van der Waals surface area contributed by atoms with Gasteiger partial charge < -0.3 is 10.1 Å². The average molecular weight is 256 g/mol. The Hall–Kier alpha value is -2.10. The first-order chi connectivity index (χ1) is 9.15. The molecule has 19 heavy (non-hydrogen) atoms. The maximum absolute atomic E-state index is 11.1. The molecule has 0 aliphatic heterocycles. The van der Waals surface area contributed by atoms with E-state index in [0.29, 0.717) is 12.8 Å². The fraction of sp³-hybridized carbons (Fsp3) is 0.333. The Morgan fingerprint density at radius 3 is 2.95 bits per heavy atom. The third-order valence-electron chi connectivity index (χ3n) is 3.79. The molecule has 1 aromatic heterocycles. The highest BCUT2D eigenvalue weighted by molar-refractivity contribution is 5.71. The van der Waals surface area contributed by atoms with Crippen molar-refractivity contribution >= 4 is 5.97 Å². The SMILES string of the molecule is Cc1ccccc1-c1nc2c([nH]1)CC(C(=O)O)CC2. The van der Waals surface area contributed by atoms with E-state index in [9.17, 15) is 4.79 Å². The Balaban J connectivity index is 1.96. The van der Waals surface area contributed by atoms with Gasteiger partial charge in [0.25, 0.3) is 0 Å². The molecule has 0 bridgehead atoms. The number of carboxylic acid groups (broad SMARTS) is 1. The topological polar surface area (TPSA) is 66.0 Å². The molecule has 0 saturated heterocycles. The van der Waals surface area contributed by atoms with Crippen LogP contribution < -0.4 is 0 Å². The molecule has 3 rings (SSSR count). The van der Waals surface area contributed by atoms with Crippen LogP contribution in [0.4, 0.5) is 0 Å². The number of nitrogens with one attached hydrogen (secondary N) is 1. The van der Waals surface area contributed by atoms with Crippen molar-refractivity contribution in [3.63, 3.8) is 0 Å². The van der Waals surface area contributed by atoms with Gasteiger partial charge in [-0.3, -0.25) is 4.79 Å². The lowest BCUT2D eigenvalue weighted by molar-refractivity contribution is -0.142. The second-order valence-electron chi connectivity index (χ2n) is 5.10. The molecule has 1 unspecified atom stereocenters. The summed E-state index contributed by atoms with van der Waals surface area (Å²) < 4.78 is 0. The minimum atomic E-state index is -0.710. The fourth-order valence-electron chi connectivity index (χ4n) is 2.66. The minimum absolute atomic E-state index is 0.280. The van der Waals surface area contributed by atoms with Gasteiger partial charge in [-0.1, -0.05) is 24.3 Å². The zero-order valence-corrected chi connectivity index (χ0v) is 10.8. The summed E-state index contributed by atoms with van der Waals surface area (Å²) in [6.07, 6.45) is 1.98. The van der Waals surface area contributed by atoms with Crippen LogP contribution in [0.1, 0.15) is 23.4 Å². The zero-order valence-electron chi connectivity index (χ0n) is 10.8. The number of aliphatic carboxylic acids is 1. The first kappa shape index (κ1) is 12.0. The number of carboxylic acids is 1. The van der Waals surface area contributed by atoms with Gasteiger partial charge in [0.1, 0.15) is 5.82 Å². The van der Waals surface area contributed by atoms with Gasteiger partial charge >= 0.3 is 5.97 Å². The number of H-pyrrole nitrogens is 1. The quantitative estimate of drug-likeness (QED) is 0.867. The number of nitrogens with zero attached hydrogens (tertiary/aromatic N) is 1. The summed E-state index contributed by atoms with van der Waals surface area (Å²) in [6.45, 7) is 2.05. The summed E-state index contributed by atoms with van der Waals surface area (Å²) in [5.74, 6) is -0.135. The predicted octanol–water partition coefficient (Wildman–Crippen LogP) is 2.57. The predicted molar refractivity (Wildman–Crippen MR) is 71.9 cm³/mol. The van der Waals surface area contributed by atoms with Gasteiger partial charge in [0, 0.05) is 17.7 Å². The molecule has 1 aliphatic carbocycles. The van der Waals surface area contributed by atoms with Crippen LogP contribution in [0.25, 0.3) is 11.4 Å². The highest BCUT2D eigenvalue weighted by Gasteiger charge is 2.27. The van der Waals surface area contributed by atoms with Gasteiger partial charge in [-0.2, -0.15) is 0 Å². The zero-order chi connectivity index (χ0) is 13.4. The Morgan fingerprint density at radius 1 is 1.42 bits per heavy atom. The molecule has 98 valence electrons. The largest absolute Gasteiger partial charge is 0.481 e. The number of benzene rings is 1. The summed E-state index contributed by atoms with van der Waals surface area (Å²) in [7, 11) is 0. The highest BCUT2D eigenvalue weighted by atomic mass is 16.4. The van der Waals surface area contributed by atoms with Crippen LogP contribution in [0.3, 0.4) is 0 Å². The highest BCUT2D eigenvalue weighted by Crippen LogP contribution is 2.28. The molecule has 1 aliphatic rings. The van der Waals surface area contributed by atoms with Gasteiger partial charge in [-0.05, 0) is 25.3 Å².